The largest absolute Gasteiger partial charge is 0.452 e. The summed E-state index contributed by atoms with van der Waals surface area (Å²) in [5, 5.41) is 5.28. The quantitative estimate of drug-likeness (QED) is 0.491. The first-order valence-corrected chi connectivity index (χ1v) is 6.25. The van der Waals surface area contributed by atoms with Gasteiger partial charge >= 0.3 is 0 Å². The molecule has 0 aliphatic heterocycles. The van der Waals surface area contributed by atoms with Crippen molar-refractivity contribution < 1.29 is 13.4 Å². The third-order valence-electron chi connectivity index (χ3n) is 1.39. The van der Waals surface area contributed by atoms with Crippen molar-refractivity contribution in [3.05, 3.63) is 73.3 Å². The van der Waals surface area contributed by atoms with Crippen LogP contribution in [0.1, 0.15) is 0 Å². The van der Waals surface area contributed by atoms with Crippen molar-refractivity contribution in [2.75, 3.05) is 0 Å². The van der Waals surface area contributed by atoms with Crippen LogP contribution < -0.4 is 0 Å². The van der Waals surface area contributed by atoms with Crippen molar-refractivity contribution in [1.29, 1.82) is 0 Å². The molecule has 0 aliphatic rings. The Morgan fingerprint density at radius 3 is 1.65 bits per heavy atom. The van der Waals surface area contributed by atoms with Crippen LogP contribution in [0.25, 0.3) is 0 Å². The van der Waals surface area contributed by atoms with Gasteiger partial charge in [-0.1, -0.05) is 5.16 Å². The minimum Gasteiger partial charge on any atom is -0.452 e. The van der Waals surface area contributed by atoms with Gasteiger partial charge in [-0.2, -0.15) is 0 Å². The maximum Gasteiger partial charge on any atom is 0.180 e. The van der Waals surface area contributed by atoms with Gasteiger partial charge in [-0.15, -0.1) is 11.3 Å². The van der Waals surface area contributed by atoms with Crippen molar-refractivity contribution in [2.45, 2.75) is 0 Å². The molecule has 0 saturated carbocycles. The minimum absolute atomic E-state index is 1.38. The lowest BCUT2D eigenvalue weighted by molar-refractivity contribution is 0.420. The summed E-state index contributed by atoms with van der Waals surface area (Å²) in [6.07, 6.45) is 13.8. The van der Waals surface area contributed by atoms with Gasteiger partial charge < -0.3 is 13.4 Å². The van der Waals surface area contributed by atoms with Crippen LogP contribution in [0, 0.1) is 0 Å². The van der Waals surface area contributed by atoms with E-state index in [1.54, 1.807) is 47.7 Å². The van der Waals surface area contributed by atoms with E-state index >= 15 is 0 Å². The monoisotopic (exact) mass is 292 g/mol. The summed E-state index contributed by atoms with van der Waals surface area (Å²) in [6, 6.07) is 1.72. The molecule has 0 bridgehead atoms. The summed E-state index contributed by atoms with van der Waals surface area (Å²) >= 11 is 1.60. The highest BCUT2D eigenvalue weighted by molar-refractivity contribution is 7.07. The van der Waals surface area contributed by atoms with E-state index in [2.05, 4.69) is 33.5 Å². The van der Waals surface area contributed by atoms with Crippen LogP contribution in [0.5, 0.6) is 0 Å². The Hall–Kier alpha value is -2.74. The first kappa shape index (κ1) is 15.3. The lowest BCUT2D eigenvalue weighted by atomic mass is 10.8. The summed E-state index contributed by atoms with van der Waals surface area (Å²) in [5.41, 5.74) is 1.79. The minimum atomic E-state index is 1.38. The lowest BCUT2D eigenvalue weighted by Gasteiger charge is -1.48. The molecule has 104 valence electrons. The number of hydrogen-bond donors (Lipinski definition) is 0. The van der Waals surface area contributed by atoms with E-state index in [1.807, 2.05) is 5.38 Å². The molecule has 4 aromatic heterocycles. The van der Waals surface area contributed by atoms with Crippen molar-refractivity contribution in [2.24, 2.45) is 0 Å². The van der Waals surface area contributed by atoms with Gasteiger partial charge in [0.1, 0.15) is 18.8 Å². The fourth-order valence-corrected chi connectivity index (χ4v) is 1.05. The van der Waals surface area contributed by atoms with Gasteiger partial charge in [-0.3, -0.25) is 4.98 Å². The summed E-state index contributed by atoms with van der Waals surface area (Å²) < 4.78 is 13.3. The Morgan fingerprint density at radius 2 is 1.50 bits per heavy atom. The van der Waals surface area contributed by atoms with E-state index in [1.165, 1.54) is 31.6 Å². The average Bonchev–Trinajstić information content (AvgIpc) is 3.40. The predicted octanol–water partition coefficient (Wildman–Crippen LogP) is 3.17. The zero-order valence-electron chi connectivity index (χ0n) is 10.4. The first-order chi connectivity index (χ1) is 10.0. The molecule has 0 unspecified atom stereocenters. The molecule has 0 aromatic carbocycles. The predicted molar refractivity (Wildman–Crippen MR) is 71.6 cm³/mol. The number of rotatable bonds is 0. The number of aromatic nitrogens is 4. The third-order valence-corrected chi connectivity index (χ3v) is 1.91. The molecule has 0 amide bonds. The second-order valence-corrected chi connectivity index (χ2v) is 3.47. The van der Waals surface area contributed by atoms with E-state index in [4.69, 9.17) is 0 Å². The van der Waals surface area contributed by atoms with E-state index in [-0.39, 0.29) is 0 Å². The van der Waals surface area contributed by atoms with Crippen LogP contribution in [0.15, 0.2) is 86.7 Å². The smallest absolute Gasteiger partial charge is 0.180 e. The standard InChI is InChI=1S/3C3H3NO.C3H3NS/c2*1-2-5-3-4-1;1-2-4-5-3-1;1-2-5-3-4-1/h4*1-3H. The summed E-state index contributed by atoms with van der Waals surface area (Å²) in [6.45, 7) is 0. The molecule has 0 fully saturated rings. The topological polar surface area (TPSA) is 91.0 Å². The summed E-state index contributed by atoms with van der Waals surface area (Å²) in [5.74, 6) is 0. The van der Waals surface area contributed by atoms with Gasteiger partial charge in [0, 0.05) is 11.6 Å². The second kappa shape index (κ2) is 12.7. The van der Waals surface area contributed by atoms with Gasteiger partial charge in [0.25, 0.3) is 0 Å². The van der Waals surface area contributed by atoms with Gasteiger partial charge in [0.2, 0.25) is 0 Å². The molecule has 0 aliphatic carbocycles. The first-order valence-electron chi connectivity index (χ1n) is 5.31. The van der Waals surface area contributed by atoms with Crippen molar-refractivity contribution >= 4 is 11.3 Å². The zero-order chi connectivity index (χ0) is 14.1. The maximum atomic E-state index is 4.47. The van der Waals surface area contributed by atoms with Crippen LogP contribution in [-0.4, -0.2) is 20.1 Å². The van der Waals surface area contributed by atoms with Crippen molar-refractivity contribution in [3.63, 3.8) is 0 Å². The van der Waals surface area contributed by atoms with Crippen LogP contribution in [0.4, 0.5) is 0 Å². The van der Waals surface area contributed by atoms with Gasteiger partial charge in [-0.05, 0) is 6.07 Å². The third kappa shape index (κ3) is 10.4. The summed E-state index contributed by atoms with van der Waals surface area (Å²) in [4.78, 5) is 10.9. The van der Waals surface area contributed by atoms with Crippen molar-refractivity contribution in [1.82, 2.24) is 20.1 Å². The Balaban J connectivity index is 0.000000133. The Kier molecular flexibility index (Phi) is 9.73. The Bertz CT molecular complexity index is 362. The van der Waals surface area contributed by atoms with Crippen LogP contribution >= 0.6 is 11.3 Å². The molecule has 0 N–H and O–H groups in total. The molecule has 4 heterocycles. The highest BCUT2D eigenvalue weighted by Crippen LogP contribution is 1.85. The molecule has 4 aromatic rings. The van der Waals surface area contributed by atoms with E-state index in [0.29, 0.717) is 0 Å². The molecule has 0 atom stereocenters. The highest BCUT2D eigenvalue weighted by atomic mass is 32.1. The normalized spacial score (nSPS) is 8.00. The SMILES string of the molecule is c1cnoc1.c1cocn1.c1cocn1.c1cscn1. The lowest BCUT2D eigenvalue weighted by Crippen LogP contribution is -1.38. The molecule has 8 heteroatoms. The molecule has 0 saturated heterocycles. The van der Waals surface area contributed by atoms with E-state index in [0.717, 1.165) is 0 Å². The second-order valence-electron chi connectivity index (χ2n) is 2.72. The van der Waals surface area contributed by atoms with Crippen LogP contribution in [0.3, 0.4) is 0 Å². The fraction of sp³-hybridized carbons (Fsp3) is 0. The van der Waals surface area contributed by atoms with E-state index < -0.39 is 0 Å². The number of hydrogen-bond acceptors (Lipinski definition) is 8. The van der Waals surface area contributed by atoms with Gasteiger partial charge in [-0.25, -0.2) is 9.97 Å². The van der Waals surface area contributed by atoms with Gasteiger partial charge in [0.15, 0.2) is 12.8 Å². The Labute approximate surface area is 118 Å². The van der Waals surface area contributed by atoms with Crippen molar-refractivity contribution in [3.8, 4) is 0 Å². The van der Waals surface area contributed by atoms with Gasteiger partial charge in [0.05, 0.1) is 24.1 Å². The average molecular weight is 292 g/mol. The van der Waals surface area contributed by atoms with Crippen LogP contribution in [0.2, 0.25) is 0 Å². The molecule has 20 heavy (non-hydrogen) atoms. The zero-order valence-corrected chi connectivity index (χ0v) is 11.2. The van der Waals surface area contributed by atoms with E-state index in [9.17, 15) is 0 Å². The molecule has 7 nitrogen and oxygen atoms in total. The number of nitrogens with zero attached hydrogens (tertiary/aromatic N) is 4. The Morgan fingerprint density at radius 1 is 0.750 bits per heavy atom. The number of oxazole rings is 2. The summed E-state index contributed by atoms with van der Waals surface area (Å²) in [7, 11) is 0. The maximum absolute atomic E-state index is 4.47. The molecule has 4 rings (SSSR count). The highest BCUT2D eigenvalue weighted by Gasteiger charge is 1.61. The number of thiazole rings is 1. The fourth-order valence-electron chi connectivity index (χ4n) is 0.703. The molecular weight excluding hydrogens is 280 g/mol. The van der Waals surface area contributed by atoms with Crippen LogP contribution in [-0.2, 0) is 0 Å². The molecule has 0 spiro atoms. The molecular formula is C12H12N4O3S. The molecule has 0 radical (unpaired) electrons.